The second kappa shape index (κ2) is 7.12. The van der Waals surface area contributed by atoms with Gasteiger partial charge in [-0.25, -0.2) is 0 Å². The van der Waals surface area contributed by atoms with Crippen molar-refractivity contribution < 1.29 is 4.79 Å². The highest BCUT2D eigenvalue weighted by Crippen LogP contribution is 2.40. The lowest BCUT2D eigenvalue weighted by Gasteiger charge is -2.41. The first-order valence-electron chi connectivity index (χ1n) is 10.4. The zero-order valence-corrected chi connectivity index (χ0v) is 15.9. The molecule has 2 unspecified atom stereocenters. The number of fused-ring (bicyclic) bond motifs is 3. The van der Waals surface area contributed by atoms with E-state index < -0.39 is 0 Å². The minimum absolute atomic E-state index is 0.244. The van der Waals surface area contributed by atoms with E-state index in [-0.39, 0.29) is 5.91 Å². The van der Waals surface area contributed by atoms with Gasteiger partial charge in [0, 0.05) is 37.3 Å². The number of nitrogens with zero attached hydrogens (tertiary/aromatic N) is 2. The van der Waals surface area contributed by atoms with E-state index in [9.17, 15) is 4.79 Å². The molecule has 5 rings (SSSR count). The largest absolute Gasteiger partial charge is 0.333 e. The van der Waals surface area contributed by atoms with Crippen molar-refractivity contribution in [2.24, 2.45) is 5.92 Å². The van der Waals surface area contributed by atoms with Gasteiger partial charge in [-0.3, -0.25) is 9.69 Å². The molecule has 0 aliphatic carbocycles. The maximum atomic E-state index is 13.0. The molecule has 3 aliphatic heterocycles. The van der Waals surface area contributed by atoms with E-state index >= 15 is 0 Å². The molecule has 2 fully saturated rings. The molecule has 2 aromatic carbocycles. The van der Waals surface area contributed by atoms with Crippen LogP contribution >= 0.6 is 0 Å². The lowest BCUT2D eigenvalue weighted by Crippen LogP contribution is -2.48. The van der Waals surface area contributed by atoms with Gasteiger partial charge in [-0.2, -0.15) is 0 Å². The topological polar surface area (TPSA) is 23.6 Å². The zero-order valence-electron chi connectivity index (χ0n) is 15.9. The average molecular weight is 361 g/mol. The monoisotopic (exact) mass is 360 g/mol. The third-order valence-electron chi connectivity index (χ3n) is 6.81. The Hall–Kier alpha value is -2.13. The predicted molar refractivity (Wildman–Crippen MR) is 108 cm³/mol. The number of piperidine rings is 1. The van der Waals surface area contributed by atoms with Gasteiger partial charge in [0.1, 0.15) is 0 Å². The number of hydrogen-bond acceptors (Lipinski definition) is 2. The van der Waals surface area contributed by atoms with Gasteiger partial charge in [0.05, 0.1) is 0 Å². The lowest BCUT2D eigenvalue weighted by atomic mass is 9.88. The van der Waals surface area contributed by atoms with Crippen molar-refractivity contribution in [2.75, 3.05) is 13.1 Å². The van der Waals surface area contributed by atoms with E-state index in [1.165, 1.54) is 56.3 Å². The van der Waals surface area contributed by atoms with Gasteiger partial charge >= 0.3 is 0 Å². The standard InChI is InChI=1S/C24H28N2O/c27-24(20-7-2-1-3-8-20)26-22-10-11-23(26)15-18(14-22)16-25-13-12-19-6-4-5-9-21(19)17-25/h1-9,18,22-23H,10-17H2. The van der Waals surface area contributed by atoms with Gasteiger partial charge in [0.15, 0.2) is 0 Å². The lowest BCUT2D eigenvalue weighted by molar-refractivity contribution is 0.0475. The fourth-order valence-electron chi connectivity index (χ4n) is 5.58. The molecular formula is C24H28N2O. The van der Waals surface area contributed by atoms with Crippen molar-refractivity contribution in [1.29, 1.82) is 0 Å². The van der Waals surface area contributed by atoms with Crippen LogP contribution < -0.4 is 0 Å². The van der Waals surface area contributed by atoms with Crippen LogP contribution in [0.25, 0.3) is 0 Å². The first kappa shape index (κ1) is 17.0. The molecule has 0 radical (unpaired) electrons. The van der Waals surface area contributed by atoms with Gasteiger partial charge in [0.25, 0.3) is 5.91 Å². The highest BCUT2D eigenvalue weighted by atomic mass is 16.2. The first-order valence-corrected chi connectivity index (χ1v) is 10.4. The van der Waals surface area contributed by atoms with E-state index in [4.69, 9.17) is 0 Å². The second-order valence-corrected chi connectivity index (χ2v) is 8.55. The highest BCUT2D eigenvalue weighted by molar-refractivity contribution is 5.94. The maximum Gasteiger partial charge on any atom is 0.254 e. The quantitative estimate of drug-likeness (QED) is 0.822. The first-order chi connectivity index (χ1) is 13.3. The Morgan fingerprint density at radius 3 is 2.30 bits per heavy atom. The molecule has 0 aromatic heterocycles. The van der Waals surface area contributed by atoms with E-state index in [2.05, 4.69) is 34.1 Å². The van der Waals surface area contributed by atoms with Crippen molar-refractivity contribution in [3.63, 3.8) is 0 Å². The van der Waals surface area contributed by atoms with Gasteiger partial charge in [-0.15, -0.1) is 0 Å². The van der Waals surface area contributed by atoms with Crippen LogP contribution in [0.5, 0.6) is 0 Å². The predicted octanol–water partition coefficient (Wildman–Crippen LogP) is 4.13. The van der Waals surface area contributed by atoms with Crippen LogP contribution in [0.1, 0.15) is 47.2 Å². The van der Waals surface area contributed by atoms with Crippen LogP contribution in [0.2, 0.25) is 0 Å². The minimum Gasteiger partial charge on any atom is -0.333 e. The summed E-state index contributed by atoms with van der Waals surface area (Å²) in [5.41, 5.74) is 3.88. The zero-order chi connectivity index (χ0) is 18.2. The molecule has 27 heavy (non-hydrogen) atoms. The molecule has 0 saturated carbocycles. The molecule has 1 amide bonds. The van der Waals surface area contributed by atoms with Crippen LogP contribution in [-0.4, -0.2) is 40.9 Å². The van der Waals surface area contributed by atoms with Crippen LogP contribution in [0.15, 0.2) is 54.6 Å². The molecular weight excluding hydrogens is 332 g/mol. The summed E-state index contributed by atoms with van der Waals surface area (Å²) in [5, 5.41) is 0. The number of carbonyl (C=O) groups is 1. The van der Waals surface area contributed by atoms with Crippen LogP contribution in [0.4, 0.5) is 0 Å². The fraction of sp³-hybridized carbons (Fsp3) is 0.458. The number of amides is 1. The maximum absolute atomic E-state index is 13.0. The highest BCUT2D eigenvalue weighted by Gasteiger charge is 2.43. The summed E-state index contributed by atoms with van der Waals surface area (Å²) in [6, 6.07) is 19.6. The van der Waals surface area contributed by atoms with Crippen molar-refractivity contribution in [3.05, 3.63) is 71.3 Å². The third kappa shape index (κ3) is 3.29. The summed E-state index contributed by atoms with van der Waals surface area (Å²) in [5.74, 6) is 0.973. The second-order valence-electron chi connectivity index (χ2n) is 8.55. The normalized spacial score (nSPS) is 27.4. The number of hydrogen-bond donors (Lipinski definition) is 0. The van der Waals surface area contributed by atoms with Crippen LogP contribution in [0, 0.1) is 5.92 Å². The Morgan fingerprint density at radius 2 is 1.56 bits per heavy atom. The van der Waals surface area contributed by atoms with Crippen LogP contribution in [-0.2, 0) is 13.0 Å². The van der Waals surface area contributed by atoms with E-state index in [1.807, 2.05) is 30.3 Å². The smallest absolute Gasteiger partial charge is 0.254 e. The fourth-order valence-corrected chi connectivity index (χ4v) is 5.58. The average Bonchev–Trinajstić information content (AvgIpc) is 2.98. The Balaban J connectivity index is 1.24. The molecule has 3 heterocycles. The number of rotatable bonds is 3. The van der Waals surface area contributed by atoms with Crippen molar-refractivity contribution in [2.45, 2.75) is 50.7 Å². The summed E-state index contributed by atoms with van der Waals surface area (Å²) >= 11 is 0. The molecule has 2 bridgehead atoms. The van der Waals surface area contributed by atoms with Crippen molar-refractivity contribution >= 4 is 5.91 Å². The van der Waals surface area contributed by atoms with E-state index in [0.717, 1.165) is 18.0 Å². The summed E-state index contributed by atoms with van der Waals surface area (Å²) < 4.78 is 0. The van der Waals surface area contributed by atoms with E-state index in [0.29, 0.717) is 12.1 Å². The number of benzene rings is 2. The van der Waals surface area contributed by atoms with Gasteiger partial charge in [-0.1, -0.05) is 42.5 Å². The van der Waals surface area contributed by atoms with Gasteiger partial charge in [0.2, 0.25) is 0 Å². The number of carbonyl (C=O) groups excluding carboxylic acids is 1. The summed E-state index contributed by atoms with van der Waals surface area (Å²) in [6.07, 6.45) is 5.89. The molecule has 3 heteroatoms. The molecule has 3 aliphatic rings. The Kier molecular flexibility index (Phi) is 4.48. The molecule has 0 spiro atoms. The molecule has 3 nitrogen and oxygen atoms in total. The van der Waals surface area contributed by atoms with Crippen LogP contribution in [0.3, 0.4) is 0 Å². The van der Waals surface area contributed by atoms with Gasteiger partial charge in [-0.05, 0) is 61.3 Å². The summed E-state index contributed by atoms with van der Waals surface area (Å²) in [7, 11) is 0. The Morgan fingerprint density at radius 1 is 0.889 bits per heavy atom. The third-order valence-corrected chi connectivity index (χ3v) is 6.81. The van der Waals surface area contributed by atoms with E-state index in [1.54, 1.807) is 0 Å². The molecule has 2 saturated heterocycles. The molecule has 2 atom stereocenters. The molecule has 0 N–H and O–H groups in total. The van der Waals surface area contributed by atoms with Crippen molar-refractivity contribution in [1.82, 2.24) is 9.80 Å². The summed E-state index contributed by atoms with van der Waals surface area (Å²) in [6.45, 7) is 3.46. The Bertz CT molecular complexity index is 804. The molecule has 140 valence electrons. The minimum atomic E-state index is 0.244. The SMILES string of the molecule is O=C(c1ccccc1)N1C2CCC1CC(CN1CCc3ccccc3C1)C2. The van der Waals surface area contributed by atoms with Gasteiger partial charge < -0.3 is 4.90 Å². The van der Waals surface area contributed by atoms with Crippen molar-refractivity contribution in [3.8, 4) is 0 Å². The Labute approximate surface area is 162 Å². The molecule has 2 aromatic rings. The summed E-state index contributed by atoms with van der Waals surface area (Å²) in [4.78, 5) is 17.9.